The van der Waals surface area contributed by atoms with Gasteiger partial charge in [0.05, 0.1) is 6.26 Å². The molecule has 0 bridgehead atoms. The lowest BCUT2D eigenvalue weighted by molar-refractivity contribution is -0.138. The summed E-state index contributed by atoms with van der Waals surface area (Å²) in [6.45, 7) is 6.17. The molecule has 2 aliphatic rings. The molecule has 0 spiro atoms. The molecule has 0 radical (unpaired) electrons. The van der Waals surface area contributed by atoms with Gasteiger partial charge in [0.1, 0.15) is 11.6 Å². The Balaban J connectivity index is 1.35. The van der Waals surface area contributed by atoms with Crippen LogP contribution in [0, 0.1) is 25.7 Å². The monoisotopic (exact) mass is 475 g/mol. The number of aromatic amines is 1. The SMILES string of the molecule is Cc1nc(C[C@H]2CCCN(C(=O)C3CCN(S(C)(=O)=O)CC3)C2)cc(Nc2cc(C)[nH]n2)n1. The highest BCUT2D eigenvalue weighted by molar-refractivity contribution is 7.88. The summed E-state index contributed by atoms with van der Waals surface area (Å²) in [5.74, 6) is 2.55. The van der Waals surface area contributed by atoms with Crippen molar-refractivity contribution >= 4 is 27.6 Å². The van der Waals surface area contributed by atoms with Crippen LogP contribution in [0.15, 0.2) is 12.1 Å². The number of hydrogen-bond acceptors (Lipinski definition) is 7. The molecule has 33 heavy (non-hydrogen) atoms. The molecule has 2 saturated heterocycles. The van der Waals surface area contributed by atoms with E-state index >= 15 is 0 Å². The zero-order valence-corrected chi connectivity index (χ0v) is 20.4. The van der Waals surface area contributed by atoms with E-state index < -0.39 is 10.0 Å². The average molecular weight is 476 g/mol. The fourth-order valence-electron chi connectivity index (χ4n) is 4.83. The third-order valence-corrected chi connectivity index (χ3v) is 7.76. The number of carbonyl (C=O) groups is 1. The van der Waals surface area contributed by atoms with Crippen molar-refractivity contribution in [1.82, 2.24) is 29.4 Å². The lowest BCUT2D eigenvalue weighted by Gasteiger charge is -2.37. The van der Waals surface area contributed by atoms with Gasteiger partial charge in [-0.3, -0.25) is 9.89 Å². The molecule has 0 saturated carbocycles. The van der Waals surface area contributed by atoms with Crippen molar-refractivity contribution in [1.29, 1.82) is 0 Å². The maximum Gasteiger partial charge on any atom is 0.225 e. The van der Waals surface area contributed by atoms with Crippen LogP contribution in [-0.4, -0.2) is 76.1 Å². The molecular weight excluding hydrogens is 442 g/mol. The van der Waals surface area contributed by atoms with Crippen molar-refractivity contribution in [3.63, 3.8) is 0 Å². The van der Waals surface area contributed by atoms with Gasteiger partial charge in [-0.15, -0.1) is 0 Å². The van der Waals surface area contributed by atoms with E-state index in [0.29, 0.717) is 49.3 Å². The first-order valence-corrected chi connectivity index (χ1v) is 13.4. The number of aryl methyl sites for hydroxylation is 2. The Morgan fingerprint density at radius 1 is 1.12 bits per heavy atom. The van der Waals surface area contributed by atoms with Crippen molar-refractivity contribution in [2.24, 2.45) is 11.8 Å². The lowest BCUT2D eigenvalue weighted by atomic mass is 9.90. The second-order valence-corrected chi connectivity index (χ2v) is 11.3. The molecule has 2 aromatic heterocycles. The Hall–Kier alpha value is -2.53. The van der Waals surface area contributed by atoms with Crippen LogP contribution in [0.1, 0.15) is 42.9 Å². The topological polar surface area (TPSA) is 124 Å². The second-order valence-electron chi connectivity index (χ2n) is 9.29. The number of likely N-dealkylation sites (tertiary alicyclic amines) is 1. The minimum atomic E-state index is -3.18. The van der Waals surface area contributed by atoms with Crippen LogP contribution in [0.4, 0.5) is 11.6 Å². The molecule has 2 N–H and O–H groups in total. The predicted molar refractivity (Wildman–Crippen MR) is 126 cm³/mol. The Morgan fingerprint density at radius 2 is 1.88 bits per heavy atom. The number of anilines is 2. The first-order chi connectivity index (χ1) is 15.7. The van der Waals surface area contributed by atoms with Crippen LogP contribution >= 0.6 is 0 Å². The second kappa shape index (κ2) is 9.76. The number of amides is 1. The highest BCUT2D eigenvalue weighted by Gasteiger charge is 2.33. The molecule has 11 heteroatoms. The van der Waals surface area contributed by atoms with E-state index in [-0.39, 0.29) is 11.8 Å². The Labute approximate surface area is 195 Å². The van der Waals surface area contributed by atoms with Crippen LogP contribution in [-0.2, 0) is 21.2 Å². The summed E-state index contributed by atoms with van der Waals surface area (Å²) in [4.78, 5) is 24.2. The van der Waals surface area contributed by atoms with Gasteiger partial charge >= 0.3 is 0 Å². The summed E-state index contributed by atoms with van der Waals surface area (Å²) < 4.78 is 25.0. The van der Waals surface area contributed by atoms with E-state index in [9.17, 15) is 13.2 Å². The van der Waals surface area contributed by atoms with Crippen LogP contribution in [0.3, 0.4) is 0 Å². The third kappa shape index (κ3) is 6.08. The van der Waals surface area contributed by atoms with Gasteiger partial charge in [-0.1, -0.05) is 0 Å². The molecule has 2 aromatic rings. The van der Waals surface area contributed by atoms with Gasteiger partial charge in [-0.05, 0) is 51.9 Å². The third-order valence-electron chi connectivity index (χ3n) is 6.45. The van der Waals surface area contributed by atoms with Crippen LogP contribution < -0.4 is 5.32 Å². The zero-order valence-electron chi connectivity index (χ0n) is 19.5. The van der Waals surface area contributed by atoms with Gasteiger partial charge in [-0.2, -0.15) is 5.10 Å². The summed E-state index contributed by atoms with van der Waals surface area (Å²) in [6.07, 6.45) is 5.24. The Kier molecular flexibility index (Phi) is 6.99. The number of sulfonamides is 1. The van der Waals surface area contributed by atoms with Crippen LogP contribution in [0.25, 0.3) is 0 Å². The molecule has 0 aliphatic carbocycles. The number of hydrogen-bond donors (Lipinski definition) is 2. The van der Waals surface area contributed by atoms with E-state index in [1.54, 1.807) is 0 Å². The van der Waals surface area contributed by atoms with Crippen molar-refractivity contribution in [3.05, 3.63) is 29.3 Å². The summed E-state index contributed by atoms with van der Waals surface area (Å²) in [5, 5.41) is 10.3. The number of rotatable bonds is 6. The van der Waals surface area contributed by atoms with Crippen molar-refractivity contribution in [2.75, 3.05) is 37.8 Å². The summed E-state index contributed by atoms with van der Waals surface area (Å²) in [6, 6.07) is 3.88. The molecule has 4 rings (SSSR count). The maximum absolute atomic E-state index is 13.1. The first-order valence-electron chi connectivity index (χ1n) is 11.5. The van der Waals surface area contributed by atoms with E-state index in [2.05, 4.69) is 25.5 Å². The smallest absolute Gasteiger partial charge is 0.225 e. The van der Waals surface area contributed by atoms with Crippen molar-refractivity contribution in [2.45, 2.75) is 46.0 Å². The number of nitrogens with one attached hydrogen (secondary N) is 2. The summed E-state index contributed by atoms with van der Waals surface area (Å²) >= 11 is 0. The molecule has 180 valence electrons. The van der Waals surface area contributed by atoms with Gasteiger partial charge in [0.25, 0.3) is 0 Å². The molecule has 0 unspecified atom stereocenters. The normalized spacial score (nSPS) is 20.7. The minimum absolute atomic E-state index is 0.0869. The summed E-state index contributed by atoms with van der Waals surface area (Å²) in [5.41, 5.74) is 1.93. The van der Waals surface area contributed by atoms with Crippen molar-refractivity contribution < 1.29 is 13.2 Å². The van der Waals surface area contributed by atoms with Gasteiger partial charge < -0.3 is 10.2 Å². The Morgan fingerprint density at radius 3 is 2.55 bits per heavy atom. The van der Waals surface area contributed by atoms with E-state index in [1.807, 2.05) is 30.9 Å². The zero-order chi connectivity index (χ0) is 23.6. The molecule has 10 nitrogen and oxygen atoms in total. The standard InChI is InChI=1S/C22H33N7O3S/c1-15-11-21(27-26-15)25-20-13-19(23-16(2)24-20)12-17-5-4-8-28(14-17)22(30)18-6-9-29(10-7-18)33(3,31)32/h11,13,17-18H,4-10,12,14H2,1-3H3,(H2,23,24,25,26,27)/t17-/m1/s1. The number of nitrogens with zero attached hydrogens (tertiary/aromatic N) is 5. The minimum Gasteiger partial charge on any atom is -0.342 e. The van der Waals surface area contributed by atoms with E-state index in [1.165, 1.54) is 10.6 Å². The highest BCUT2D eigenvalue weighted by atomic mass is 32.2. The largest absolute Gasteiger partial charge is 0.342 e. The molecule has 4 heterocycles. The number of H-pyrrole nitrogens is 1. The molecule has 2 fully saturated rings. The fraction of sp³-hybridized carbons (Fsp3) is 0.636. The molecule has 0 aromatic carbocycles. The van der Waals surface area contributed by atoms with E-state index in [0.717, 1.165) is 43.7 Å². The predicted octanol–water partition coefficient (Wildman–Crippen LogP) is 2.01. The summed E-state index contributed by atoms with van der Waals surface area (Å²) in [7, 11) is -3.18. The Bertz CT molecular complexity index is 1090. The van der Waals surface area contributed by atoms with E-state index in [4.69, 9.17) is 0 Å². The van der Waals surface area contributed by atoms with Gasteiger partial charge in [-0.25, -0.2) is 22.7 Å². The molecule has 1 amide bonds. The average Bonchev–Trinajstić information content (AvgIpc) is 3.17. The van der Waals surface area contributed by atoms with Crippen LogP contribution in [0.5, 0.6) is 0 Å². The number of piperidine rings is 2. The van der Waals surface area contributed by atoms with Gasteiger partial charge in [0.2, 0.25) is 15.9 Å². The number of carbonyl (C=O) groups excluding carboxylic acids is 1. The quantitative estimate of drug-likeness (QED) is 0.655. The molecule has 2 aliphatic heterocycles. The van der Waals surface area contributed by atoms with Gasteiger partial charge in [0.15, 0.2) is 5.82 Å². The first kappa shape index (κ1) is 23.6. The lowest BCUT2D eigenvalue weighted by Crippen LogP contribution is -2.47. The number of aromatic nitrogens is 4. The van der Waals surface area contributed by atoms with Crippen molar-refractivity contribution in [3.8, 4) is 0 Å². The van der Waals surface area contributed by atoms with Crippen LogP contribution in [0.2, 0.25) is 0 Å². The fourth-order valence-corrected chi connectivity index (χ4v) is 5.71. The maximum atomic E-state index is 13.1. The van der Waals surface area contributed by atoms with Gasteiger partial charge in [0, 0.05) is 55.6 Å². The molecule has 1 atom stereocenters. The molecular formula is C22H33N7O3S. The highest BCUT2D eigenvalue weighted by Crippen LogP contribution is 2.26.